The fraction of sp³-hybridized carbons (Fsp3) is 0.286. The molecule has 1 unspecified atom stereocenters. The van der Waals surface area contributed by atoms with Gasteiger partial charge in [-0.3, -0.25) is 9.78 Å². The standard InChI is InChI=1S/C14H15N3O2/c1-19-11-4-2-3-9-7-10(8-17-12(9)11)13-14(18)16-6-5-15-13/h2-4,7-8,13,15H,5-6H2,1H3,(H,16,18). The molecule has 2 aromatic rings. The molecule has 1 amide bonds. The Kier molecular flexibility index (Phi) is 3.05. The van der Waals surface area contributed by atoms with Gasteiger partial charge in [0.1, 0.15) is 17.3 Å². The molecule has 1 aromatic carbocycles. The largest absolute Gasteiger partial charge is 0.494 e. The number of rotatable bonds is 2. The fourth-order valence-corrected chi connectivity index (χ4v) is 2.34. The van der Waals surface area contributed by atoms with Crippen molar-refractivity contribution in [2.75, 3.05) is 20.2 Å². The lowest BCUT2D eigenvalue weighted by Gasteiger charge is -2.23. The first-order valence-electron chi connectivity index (χ1n) is 6.23. The number of pyridine rings is 1. The topological polar surface area (TPSA) is 63.2 Å². The summed E-state index contributed by atoms with van der Waals surface area (Å²) in [5, 5.41) is 7.01. The third-order valence-electron chi connectivity index (χ3n) is 3.28. The molecule has 1 atom stereocenters. The predicted molar refractivity (Wildman–Crippen MR) is 72.0 cm³/mol. The molecular weight excluding hydrogens is 242 g/mol. The number of carbonyl (C=O) groups is 1. The third kappa shape index (κ3) is 2.13. The number of piperazine rings is 1. The van der Waals surface area contributed by atoms with E-state index in [0.717, 1.165) is 28.8 Å². The van der Waals surface area contributed by atoms with Gasteiger partial charge in [0.2, 0.25) is 5.91 Å². The molecule has 0 saturated carbocycles. The van der Waals surface area contributed by atoms with Gasteiger partial charge >= 0.3 is 0 Å². The molecule has 5 heteroatoms. The molecule has 0 bridgehead atoms. The zero-order chi connectivity index (χ0) is 13.2. The minimum absolute atomic E-state index is 0.00436. The molecule has 1 aliphatic rings. The monoisotopic (exact) mass is 257 g/mol. The zero-order valence-corrected chi connectivity index (χ0v) is 10.6. The number of aromatic nitrogens is 1. The highest BCUT2D eigenvalue weighted by atomic mass is 16.5. The van der Waals surface area contributed by atoms with E-state index in [2.05, 4.69) is 15.6 Å². The van der Waals surface area contributed by atoms with Gasteiger partial charge in [-0.25, -0.2) is 0 Å². The number of ether oxygens (including phenoxy) is 1. The summed E-state index contributed by atoms with van der Waals surface area (Å²) < 4.78 is 5.28. The number of carbonyl (C=O) groups excluding carboxylic acids is 1. The molecule has 0 radical (unpaired) electrons. The third-order valence-corrected chi connectivity index (χ3v) is 3.28. The number of hydrogen-bond donors (Lipinski definition) is 2. The van der Waals surface area contributed by atoms with Gasteiger partial charge in [0, 0.05) is 24.7 Å². The molecule has 0 aliphatic carbocycles. The molecule has 0 spiro atoms. The summed E-state index contributed by atoms with van der Waals surface area (Å²) in [6, 6.07) is 7.42. The van der Waals surface area contributed by atoms with E-state index in [-0.39, 0.29) is 11.9 Å². The lowest BCUT2D eigenvalue weighted by atomic mass is 10.0. The van der Waals surface area contributed by atoms with Crippen LogP contribution in [0.15, 0.2) is 30.5 Å². The number of amides is 1. The van der Waals surface area contributed by atoms with Gasteiger partial charge in [0.05, 0.1) is 7.11 Å². The van der Waals surface area contributed by atoms with E-state index in [1.807, 2.05) is 24.3 Å². The van der Waals surface area contributed by atoms with E-state index in [0.29, 0.717) is 6.54 Å². The Labute approximate surface area is 111 Å². The number of methoxy groups -OCH3 is 1. The number of nitrogens with one attached hydrogen (secondary N) is 2. The quantitative estimate of drug-likeness (QED) is 0.842. The predicted octanol–water partition coefficient (Wildman–Crippen LogP) is 1.00. The van der Waals surface area contributed by atoms with Gasteiger partial charge < -0.3 is 15.4 Å². The number of hydrogen-bond acceptors (Lipinski definition) is 4. The smallest absolute Gasteiger partial charge is 0.241 e. The van der Waals surface area contributed by atoms with Crippen molar-refractivity contribution in [2.24, 2.45) is 0 Å². The van der Waals surface area contributed by atoms with Gasteiger partial charge in [-0.1, -0.05) is 12.1 Å². The van der Waals surface area contributed by atoms with E-state index in [4.69, 9.17) is 4.74 Å². The molecule has 2 heterocycles. The van der Waals surface area contributed by atoms with Crippen molar-refractivity contribution in [2.45, 2.75) is 6.04 Å². The highest BCUT2D eigenvalue weighted by Crippen LogP contribution is 2.25. The number of fused-ring (bicyclic) bond motifs is 1. The number of benzene rings is 1. The summed E-state index contributed by atoms with van der Waals surface area (Å²) in [5.41, 5.74) is 1.68. The van der Waals surface area contributed by atoms with Crippen molar-refractivity contribution in [3.63, 3.8) is 0 Å². The van der Waals surface area contributed by atoms with Crippen molar-refractivity contribution in [1.82, 2.24) is 15.6 Å². The molecule has 1 aromatic heterocycles. The minimum atomic E-state index is -0.322. The Morgan fingerprint density at radius 2 is 2.26 bits per heavy atom. The van der Waals surface area contributed by atoms with E-state index in [1.165, 1.54) is 0 Å². The van der Waals surface area contributed by atoms with Gasteiger partial charge in [-0.15, -0.1) is 0 Å². The second-order valence-electron chi connectivity index (χ2n) is 4.48. The second-order valence-corrected chi connectivity index (χ2v) is 4.48. The zero-order valence-electron chi connectivity index (χ0n) is 10.6. The summed E-state index contributed by atoms with van der Waals surface area (Å²) in [7, 11) is 1.63. The van der Waals surface area contributed by atoms with Crippen LogP contribution in [0.5, 0.6) is 5.75 Å². The Hall–Kier alpha value is -2.14. The van der Waals surface area contributed by atoms with Gasteiger partial charge in [-0.2, -0.15) is 0 Å². The Morgan fingerprint density at radius 3 is 3.05 bits per heavy atom. The first-order valence-corrected chi connectivity index (χ1v) is 6.23. The second kappa shape index (κ2) is 4.85. The van der Waals surface area contributed by atoms with Crippen LogP contribution >= 0.6 is 0 Å². The number of para-hydroxylation sites is 1. The molecule has 3 rings (SSSR count). The average molecular weight is 257 g/mol. The summed E-state index contributed by atoms with van der Waals surface area (Å²) in [6.07, 6.45) is 1.73. The normalized spacial score (nSPS) is 19.2. The average Bonchev–Trinajstić information content (AvgIpc) is 2.46. The van der Waals surface area contributed by atoms with Gasteiger partial charge in [0.15, 0.2) is 0 Å². The number of nitrogens with zero attached hydrogens (tertiary/aromatic N) is 1. The van der Waals surface area contributed by atoms with Crippen LogP contribution in [0, 0.1) is 0 Å². The van der Waals surface area contributed by atoms with Crippen LogP contribution in [0.25, 0.3) is 10.9 Å². The maximum Gasteiger partial charge on any atom is 0.241 e. The van der Waals surface area contributed by atoms with Crippen LogP contribution < -0.4 is 15.4 Å². The molecule has 1 aliphatic heterocycles. The van der Waals surface area contributed by atoms with Crippen LogP contribution in [-0.2, 0) is 4.79 Å². The lowest BCUT2D eigenvalue weighted by Crippen LogP contribution is -2.47. The fourth-order valence-electron chi connectivity index (χ4n) is 2.34. The highest BCUT2D eigenvalue weighted by Gasteiger charge is 2.23. The molecule has 1 fully saturated rings. The van der Waals surface area contributed by atoms with E-state index in [9.17, 15) is 4.79 Å². The van der Waals surface area contributed by atoms with E-state index in [1.54, 1.807) is 13.3 Å². The maximum absolute atomic E-state index is 11.8. The Morgan fingerprint density at radius 1 is 1.37 bits per heavy atom. The molecule has 19 heavy (non-hydrogen) atoms. The first-order chi connectivity index (χ1) is 9.29. The van der Waals surface area contributed by atoms with Crippen molar-refractivity contribution in [3.8, 4) is 5.75 Å². The van der Waals surface area contributed by atoms with E-state index >= 15 is 0 Å². The van der Waals surface area contributed by atoms with Crippen LogP contribution in [0.4, 0.5) is 0 Å². The molecule has 5 nitrogen and oxygen atoms in total. The SMILES string of the molecule is COc1cccc2cc(C3NCCNC3=O)cnc12. The molecule has 1 saturated heterocycles. The first kappa shape index (κ1) is 11.9. The maximum atomic E-state index is 11.8. The van der Waals surface area contributed by atoms with Crippen LogP contribution in [-0.4, -0.2) is 31.1 Å². The molecular formula is C14H15N3O2. The van der Waals surface area contributed by atoms with E-state index < -0.39 is 0 Å². The Bertz CT molecular complexity index is 627. The minimum Gasteiger partial charge on any atom is -0.494 e. The van der Waals surface area contributed by atoms with Crippen LogP contribution in [0.1, 0.15) is 11.6 Å². The summed E-state index contributed by atoms with van der Waals surface area (Å²) in [6.45, 7) is 1.44. The van der Waals surface area contributed by atoms with Crippen molar-refractivity contribution >= 4 is 16.8 Å². The van der Waals surface area contributed by atoms with Gasteiger partial charge in [0.25, 0.3) is 0 Å². The van der Waals surface area contributed by atoms with Crippen molar-refractivity contribution < 1.29 is 9.53 Å². The summed E-state index contributed by atoms with van der Waals surface area (Å²) >= 11 is 0. The highest BCUT2D eigenvalue weighted by molar-refractivity contribution is 5.88. The molecule has 2 N–H and O–H groups in total. The summed E-state index contributed by atoms with van der Waals surface area (Å²) in [4.78, 5) is 16.2. The van der Waals surface area contributed by atoms with Crippen molar-refractivity contribution in [1.29, 1.82) is 0 Å². The lowest BCUT2D eigenvalue weighted by molar-refractivity contribution is -0.124. The van der Waals surface area contributed by atoms with Gasteiger partial charge in [-0.05, 0) is 17.7 Å². The molecule has 98 valence electrons. The van der Waals surface area contributed by atoms with Crippen LogP contribution in [0.3, 0.4) is 0 Å². The summed E-state index contributed by atoms with van der Waals surface area (Å²) in [5.74, 6) is 0.736. The van der Waals surface area contributed by atoms with Crippen molar-refractivity contribution in [3.05, 3.63) is 36.0 Å². The van der Waals surface area contributed by atoms with Crippen LogP contribution in [0.2, 0.25) is 0 Å². The Balaban J connectivity index is 2.04.